The molecular formula is C19H21NO2. The van der Waals surface area contributed by atoms with Gasteiger partial charge in [0, 0.05) is 11.1 Å². The number of cyclic esters (lactones) is 1. The van der Waals surface area contributed by atoms with Crippen molar-refractivity contribution in [1.82, 2.24) is 5.32 Å². The van der Waals surface area contributed by atoms with Crippen LogP contribution in [-0.2, 0) is 10.3 Å². The highest BCUT2D eigenvalue weighted by Crippen LogP contribution is 2.46. The van der Waals surface area contributed by atoms with Gasteiger partial charge in [0.15, 0.2) is 5.60 Å². The Morgan fingerprint density at radius 3 is 1.77 bits per heavy atom. The second kappa shape index (κ2) is 5.16. The molecule has 114 valence electrons. The maximum atomic E-state index is 12.1. The molecule has 1 saturated heterocycles. The van der Waals surface area contributed by atoms with E-state index in [0.29, 0.717) is 0 Å². The standard InChI is InChI=1S/C19H21NO2/c1-18(2,3)16-19(22-17(21)20-16,14-10-6-4-7-11-14)15-12-8-5-9-13-15/h4-13,16H,1-3H3,(H,20,21)/t16-/m1/s1. The fourth-order valence-electron chi connectivity index (χ4n) is 3.27. The molecule has 0 aromatic heterocycles. The summed E-state index contributed by atoms with van der Waals surface area (Å²) in [4.78, 5) is 12.1. The number of nitrogens with one attached hydrogen (secondary N) is 1. The Morgan fingerprint density at radius 2 is 1.36 bits per heavy atom. The first-order valence-electron chi connectivity index (χ1n) is 7.55. The molecular weight excluding hydrogens is 274 g/mol. The van der Waals surface area contributed by atoms with Crippen molar-refractivity contribution in [2.75, 3.05) is 0 Å². The van der Waals surface area contributed by atoms with Crippen LogP contribution in [0.3, 0.4) is 0 Å². The number of carbonyl (C=O) groups excluding carboxylic acids is 1. The van der Waals surface area contributed by atoms with Crippen LogP contribution in [0.4, 0.5) is 4.79 Å². The Bertz CT molecular complexity index is 619. The van der Waals surface area contributed by atoms with Gasteiger partial charge in [0.05, 0.1) is 6.04 Å². The van der Waals surface area contributed by atoms with Crippen LogP contribution in [0.25, 0.3) is 0 Å². The largest absolute Gasteiger partial charge is 0.431 e. The van der Waals surface area contributed by atoms with Crippen LogP contribution in [-0.4, -0.2) is 12.1 Å². The molecule has 1 amide bonds. The third kappa shape index (κ3) is 2.27. The summed E-state index contributed by atoms with van der Waals surface area (Å²) in [6.45, 7) is 6.35. The van der Waals surface area contributed by atoms with Crippen LogP contribution in [0.1, 0.15) is 31.9 Å². The fourth-order valence-corrected chi connectivity index (χ4v) is 3.27. The Hall–Kier alpha value is -2.29. The normalized spacial score (nSPS) is 20.3. The molecule has 2 aromatic carbocycles. The molecule has 1 fully saturated rings. The van der Waals surface area contributed by atoms with E-state index in [-0.39, 0.29) is 17.6 Å². The zero-order valence-electron chi connectivity index (χ0n) is 13.2. The van der Waals surface area contributed by atoms with E-state index in [0.717, 1.165) is 11.1 Å². The summed E-state index contributed by atoms with van der Waals surface area (Å²) < 4.78 is 5.91. The van der Waals surface area contributed by atoms with Crippen LogP contribution in [0.5, 0.6) is 0 Å². The summed E-state index contributed by atoms with van der Waals surface area (Å²) in [6.07, 6.45) is -0.368. The fraction of sp³-hybridized carbons (Fsp3) is 0.316. The van der Waals surface area contributed by atoms with Gasteiger partial charge in [0.1, 0.15) is 0 Å². The summed E-state index contributed by atoms with van der Waals surface area (Å²) in [5.74, 6) is 0. The molecule has 0 unspecified atom stereocenters. The number of hydrogen-bond acceptors (Lipinski definition) is 2. The highest BCUT2D eigenvalue weighted by atomic mass is 16.6. The van der Waals surface area contributed by atoms with Crippen LogP contribution in [0.15, 0.2) is 60.7 Å². The number of alkyl carbamates (subject to hydrolysis) is 1. The van der Waals surface area contributed by atoms with Crippen molar-refractivity contribution < 1.29 is 9.53 Å². The number of rotatable bonds is 2. The molecule has 1 atom stereocenters. The Labute approximate surface area is 131 Å². The maximum Gasteiger partial charge on any atom is 0.408 e. The van der Waals surface area contributed by atoms with Gasteiger partial charge < -0.3 is 10.1 Å². The monoisotopic (exact) mass is 295 g/mol. The molecule has 0 radical (unpaired) electrons. The van der Waals surface area contributed by atoms with Crippen LogP contribution >= 0.6 is 0 Å². The summed E-state index contributed by atoms with van der Waals surface area (Å²) in [7, 11) is 0. The molecule has 1 aliphatic rings. The summed E-state index contributed by atoms with van der Waals surface area (Å²) in [5.41, 5.74) is 1.01. The zero-order chi connectivity index (χ0) is 15.8. The number of ether oxygens (including phenoxy) is 1. The maximum absolute atomic E-state index is 12.1. The van der Waals surface area contributed by atoms with Crippen molar-refractivity contribution in [2.24, 2.45) is 5.41 Å². The van der Waals surface area contributed by atoms with Gasteiger partial charge in [-0.15, -0.1) is 0 Å². The van der Waals surface area contributed by atoms with Gasteiger partial charge in [0.25, 0.3) is 0 Å². The van der Waals surface area contributed by atoms with Crippen molar-refractivity contribution >= 4 is 6.09 Å². The van der Waals surface area contributed by atoms with Gasteiger partial charge in [-0.25, -0.2) is 4.79 Å². The Kier molecular flexibility index (Phi) is 3.44. The molecule has 1 aliphatic heterocycles. The lowest BCUT2D eigenvalue weighted by atomic mass is 9.70. The third-order valence-electron chi connectivity index (χ3n) is 4.19. The van der Waals surface area contributed by atoms with E-state index in [9.17, 15) is 4.79 Å². The molecule has 0 aliphatic carbocycles. The Morgan fingerprint density at radius 1 is 0.909 bits per heavy atom. The first-order valence-corrected chi connectivity index (χ1v) is 7.55. The minimum absolute atomic E-state index is 0.155. The van der Waals surface area contributed by atoms with Crippen molar-refractivity contribution in [2.45, 2.75) is 32.4 Å². The van der Waals surface area contributed by atoms with Gasteiger partial charge in [-0.05, 0) is 5.41 Å². The smallest absolute Gasteiger partial charge is 0.408 e. The molecule has 22 heavy (non-hydrogen) atoms. The molecule has 1 heterocycles. The molecule has 2 aromatic rings. The topological polar surface area (TPSA) is 38.3 Å². The van der Waals surface area contributed by atoms with Crippen LogP contribution in [0.2, 0.25) is 0 Å². The van der Waals surface area contributed by atoms with Gasteiger partial charge in [-0.2, -0.15) is 0 Å². The molecule has 3 nitrogen and oxygen atoms in total. The summed E-state index contributed by atoms with van der Waals surface area (Å²) >= 11 is 0. The van der Waals surface area contributed by atoms with E-state index >= 15 is 0 Å². The molecule has 3 rings (SSSR count). The predicted molar refractivity (Wildman–Crippen MR) is 86.5 cm³/mol. The van der Waals surface area contributed by atoms with E-state index in [1.165, 1.54) is 0 Å². The molecule has 3 heteroatoms. The number of hydrogen-bond donors (Lipinski definition) is 1. The van der Waals surface area contributed by atoms with Gasteiger partial charge in [-0.1, -0.05) is 81.4 Å². The van der Waals surface area contributed by atoms with Crippen molar-refractivity contribution in [3.63, 3.8) is 0 Å². The van der Waals surface area contributed by atoms with Crippen molar-refractivity contribution in [3.8, 4) is 0 Å². The van der Waals surface area contributed by atoms with Gasteiger partial charge in [0.2, 0.25) is 0 Å². The van der Waals surface area contributed by atoms with E-state index in [2.05, 4.69) is 26.1 Å². The van der Waals surface area contributed by atoms with E-state index in [1.54, 1.807) is 0 Å². The lowest BCUT2D eigenvalue weighted by Crippen LogP contribution is -2.50. The lowest BCUT2D eigenvalue weighted by Gasteiger charge is -2.40. The molecule has 0 bridgehead atoms. The quantitative estimate of drug-likeness (QED) is 0.906. The summed E-state index contributed by atoms with van der Waals surface area (Å²) in [5, 5.41) is 3.02. The highest BCUT2D eigenvalue weighted by molar-refractivity contribution is 5.73. The van der Waals surface area contributed by atoms with Crippen LogP contribution in [0, 0.1) is 5.41 Å². The molecule has 1 N–H and O–H groups in total. The van der Waals surface area contributed by atoms with Crippen LogP contribution < -0.4 is 5.32 Å². The highest BCUT2D eigenvalue weighted by Gasteiger charge is 2.56. The number of amides is 1. The van der Waals surface area contributed by atoms with Gasteiger partial charge >= 0.3 is 6.09 Å². The molecule has 0 saturated carbocycles. The minimum Gasteiger partial charge on any atom is -0.431 e. The zero-order valence-corrected chi connectivity index (χ0v) is 13.2. The second-order valence-corrected chi connectivity index (χ2v) is 6.80. The average molecular weight is 295 g/mol. The number of carbonyl (C=O) groups is 1. The number of benzene rings is 2. The lowest BCUT2D eigenvalue weighted by molar-refractivity contribution is 0.0407. The van der Waals surface area contributed by atoms with Gasteiger partial charge in [-0.3, -0.25) is 0 Å². The third-order valence-corrected chi connectivity index (χ3v) is 4.19. The second-order valence-electron chi connectivity index (χ2n) is 6.80. The van der Waals surface area contributed by atoms with Crippen molar-refractivity contribution in [3.05, 3.63) is 71.8 Å². The minimum atomic E-state index is -0.808. The van der Waals surface area contributed by atoms with E-state index < -0.39 is 5.60 Å². The van der Waals surface area contributed by atoms with Crippen molar-refractivity contribution in [1.29, 1.82) is 0 Å². The predicted octanol–water partition coefficient (Wildman–Crippen LogP) is 4.08. The average Bonchev–Trinajstić information content (AvgIpc) is 2.88. The Balaban J connectivity index is 2.26. The van der Waals surface area contributed by atoms with E-state index in [4.69, 9.17) is 4.74 Å². The summed E-state index contributed by atoms with van der Waals surface area (Å²) in [6, 6.07) is 19.8. The molecule has 0 spiro atoms. The first kappa shape index (κ1) is 14.6. The van der Waals surface area contributed by atoms with E-state index in [1.807, 2.05) is 60.7 Å². The first-order chi connectivity index (χ1) is 10.4. The SMILES string of the molecule is CC(C)(C)[C@H]1NC(=O)OC1(c1ccccc1)c1ccccc1.